The summed E-state index contributed by atoms with van der Waals surface area (Å²) in [6, 6.07) is 0.780. The summed E-state index contributed by atoms with van der Waals surface area (Å²) in [5, 5.41) is 3.54. The second-order valence-electron chi connectivity index (χ2n) is 5.86. The molecule has 1 saturated carbocycles. The molecule has 0 radical (unpaired) electrons. The molecule has 2 fully saturated rings. The maximum atomic E-state index is 5.67. The lowest BCUT2D eigenvalue weighted by Gasteiger charge is -2.23. The van der Waals surface area contributed by atoms with Gasteiger partial charge in [-0.1, -0.05) is 25.7 Å². The molecule has 1 heterocycles. The van der Waals surface area contributed by atoms with E-state index in [-0.39, 0.29) is 0 Å². The summed E-state index contributed by atoms with van der Waals surface area (Å²) >= 11 is 0. The molecule has 0 aromatic heterocycles. The molecule has 100 valence electrons. The van der Waals surface area contributed by atoms with Crippen molar-refractivity contribution >= 4 is 0 Å². The SMILES string of the molecule is CNC(CCCCC1CCCO1)C1CCCC1. The minimum Gasteiger partial charge on any atom is -0.378 e. The molecule has 2 nitrogen and oxygen atoms in total. The number of rotatable bonds is 7. The van der Waals surface area contributed by atoms with Crippen molar-refractivity contribution in [1.29, 1.82) is 0 Å². The molecule has 1 aliphatic carbocycles. The maximum absolute atomic E-state index is 5.67. The maximum Gasteiger partial charge on any atom is 0.0576 e. The Morgan fingerprint density at radius 3 is 2.59 bits per heavy atom. The van der Waals surface area contributed by atoms with Crippen molar-refractivity contribution in [2.45, 2.75) is 76.4 Å². The summed E-state index contributed by atoms with van der Waals surface area (Å²) in [5.41, 5.74) is 0. The minimum absolute atomic E-state index is 0.592. The van der Waals surface area contributed by atoms with Gasteiger partial charge in [-0.2, -0.15) is 0 Å². The standard InChI is InChI=1S/C15H29NO/c1-16-15(13-7-2-3-8-13)11-5-4-9-14-10-6-12-17-14/h13-16H,2-12H2,1H3. The molecule has 2 rings (SSSR count). The average Bonchev–Trinajstić information content (AvgIpc) is 3.01. The van der Waals surface area contributed by atoms with Crippen LogP contribution in [0.15, 0.2) is 0 Å². The van der Waals surface area contributed by atoms with E-state index >= 15 is 0 Å². The first-order valence-corrected chi connectivity index (χ1v) is 7.69. The van der Waals surface area contributed by atoms with Crippen molar-refractivity contribution in [3.05, 3.63) is 0 Å². The van der Waals surface area contributed by atoms with Gasteiger partial charge in [0.1, 0.15) is 0 Å². The van der Waals surface area contributed by atoms with E-state index in [1.165, 1.54) is 64.2 Å². The van der Waals surface area contributed by atoms with Crippen LogP contribution in [0.4, 0.5) is 0 Å². The molecule has 0 bridgehead atoms. The topological polar surface area (TPSA) is 21.3 Å². The van der Waals surface area contributed by atoms with Gasteiger partial charge in [-0.25, -0.2) is 0 Å². The third-order valence-corrected chi connectivity index (χ3v) is 4.65. The van der Waals surface area contributed by atoms with Crippen molar-refractivity contribution in [2.24, 2.45) is 5.92 Å². The Morgan fingerprint density at radius 2 is 1.94 bits per heavy atom. The number of ether oxygens (including phenoxy) is 1. The number of unbranched alkanes of at least 4 members (excludes halogenated alkanes) is 1. The van der Waals surface area contributed by atoms with Gasteiger partial charge in [0, 0.05) is 12.6 Å². The molecular formula is C15H29NO. The van der Waals surface area contributed by atoms with Crippen molar-refractivity contribution in [2.75, 3.05) is 13.7 Å². The van der Waals surface area contributed by atoms with Crippen LogP contribution in [-0.4, -0.2) is 25.8 Å². The summed E-state index contributed by atoms with van der Waals surface area (Å²) in [5.74, 6) is 0.961. The van der Waals surface area contributed by atoms with Gasteiger partial charge in [-0.15, -0.1) is 0 Å². The molecule has 1 N–H and O–H groups in total. The molecule has 2 heteroatoms. The zero-order valence-electron chi connectivity index (χ0n) is 11.4. The van der Waals surface area contributed by atoms with Gasteiger partial charge in [0.2, 0.25) is 0 Å². The van der Waals surface area contributed by atoms with Gasteiger partial charge in [0.15, 0.2) is 0 Å². The zero-order valence-corrected chi connectivity index (χ0v) is 11.4. The summed E-state index contributed by atoms with van der Waals surface area (Å²) in [7, 11) is 2.14. The second kappa shape index (κ2) is 7.38. The first-order chi connectivity index (χ1) is 8.40. The van der Waals surface area contributed by atoms with Gasteiger partial charge >= 0.3 is 0 Å². The van der Waals surface area contributed by atoms with Crippen LogP contribution in [0.5, 0.6) is 0 Å². The summed E-state index contributed by atoms with van der Waals surface area (Å²) in [6.45, 7) is 1.01. The minimum atomic E-state index is 0.592. The van der Waals surface area contributed by atoms with E-state index in [2.05, 4.69) is 12.4 Å². The Balaban J connectivity index is 1.55. The highest BCUT2D eigenvalue weighted by Crippen LogP contribution is 2.30. The van der Waals surface area contributed by atoms with Crippen LogP contribution >= 0.6 is 0 Å². The molecule has 0 aromatic carbocycles. The number of hydrogen-bond acceptors (Lipinski definition) is 2. The quantitative estimate of drug-likeness (QED) is 0.687. The Hall–Kier alpha value is -0.0800. The van der Waals surface area contributed by atoms with Crippen LogP contribution in [0.3, 0.4) is 0 Å². The fraction of sp³-hybridized carbons (Fsp3) is 1.00. The van der Waals surface area contributed by atoms with Crippen LogP contribution in [0.2, 0.25) is 0 Å². The Morgan fingerprint density at radius 1 is 1.12 bits per heavy atom. The van der Waals surface area contributed by atoms with E-state index in [0.29, 0.717) is 6.10 Å². The summed E-state index contributed by atoms with van der Waals surface area (Å²) in [4.78, 5) is 0. The summed E-state index contributed by atoms with van der Waals surface area (Å²) in [6.07, 6.45) is 14.4. The zero-order chi connectivity index (χ0) is 11.9. The first-order valence-electron chi connectivity index (χ1n) is 7.69. The molecular weight excluding hydrogens is 210 g/mol. The molecule has 2 unspecified atom stereocenters. The third kappa shape index (κ3) is 4.26. The van der Waals surface area contributed by atoms with E-state index in [1.807, 2.05) is 0 Å². The normalized spacial score (nSPS) is 27.7. The Bertz CT molecular complexity index is 195. The highest BCUT2D eigenvalue weighted by Gasteiger charge is 2.23. The van der Waals surface area contributed by atoms with Crippen LogP contribution in [0.25, 0.3) is 0 Å². The predicted octanol–water partition coefficient (Wildman–Crippen LogP) is 3.50. The molecule has 17 heavy (non-hydrogen) atoms. The molecule has 1 aliphatic heterocycles. The highest BCUT2D eigenvalue weighted by molar-refractivity contribution is 4.79. The third-order valence-electron chi connectivity index (χ3n) is 4.65. The Kier molecular flexibility index (Phi) is 5.79. The largest absolute Gasteiger partial charge is 0.378 e. The molecule has 1 saturated heterocycles. The lowest BCUT2D eigenvalue weighted by molar-refractivity contribution is 0.101. The van der Waals surface area contributed by atoms with E-state index in [4.69, 9.17) is 4.74 Å². The van der Waals surface area contributed by atoms with Crippen molar-refractivity contribution in [3.63, 3.8) is 0 Å². The monoisotopic (exact) mass is 239 g/mol. The van der Waals surface area contributed by atoms with Gasteiger partial charge in [-0.05, 0) is 51.5 Å². The van der Waals surface area contributed by atoms with Crippen LogP contribution in [0.1, 0.15) is 64.2 Å². The lowest BCUT2D eigenvalue weighted by Crippen LogP contribution is -2.32. The van der Waals surface area contributed by atoms with Crippen LogP contribution < -0.4 is 5.32 Å². The smallest absolute Gasteiger partial charge is 0.0576 e. The predicted molar refractivity (Wildman–Crippen MR) is 72.2 cm³/mol. The molecule has 2 atom stereocenters. The second-order valence-corrected chi connectivity index (χ2v) is 5.86. The van der Waals surface area contributed by atoms with Crippen LogP contribution in [-0.2, 0) is 4.74 Å². The Labute approximate surface area is 107 Å². The molecule has 0 spiro atoms. The van der Waals surface area contributed by atoms with Crippen LogP contribution in [0, 0.1) is 5.92 Å². The molecule has 0 aromatic rings. The van der Waals surface area contributed by atoms with Crippen molar-refractivity contribution in [3.8, 4) is 0 Å². The van der Waals surface area contributed by atoms with Gasteiger partial charge in [0.25, 0.3) is 0 Å². The van der Waals surface area contributed by atoms with E-state index < -0.39 is 0 Å². The van der Waals surface area contributed by atoms with E-state index in [9.17, 15) is 0 Å². The van der Waals surface area contributed by atoms with E-state index in [1.54, 1.807) is 0 Å². The average molecular weight is 239 g/mol. The van der Waals surface area contributed by atoms with Gasteiger partial charge < -0.3 is 10.1 Å². The molecule has 0 amide bonds. The van der Waals surface area contributed by atoms with Crippen molar-refractivity contribution in [1.82, 2.24) is 5.32 Å². The van der Waals surface area contributed by atoms with Crippen molar-refractivity contribution < 1.29 is 4.74 Å². The van der Waals surface area contributed by atoms with E-state index in [0.717, 1.165) is 18.6 Å². The fourth-order valence-corrected chi connectivity index (χ4v) is 3.58. The lowest BCUT2D eigenvalue weighted by atomic mass is 9.93. The number of nitrogens with one attached hydrogen (secondary N) is 1. The molecule has 2 aliphatic rings. The first kappa shape index (κ1) is 13.4. The highest BCUT2D eigenvalue weighted by atomic mass is 16.5. The van der Waals surface area contributed by atoms with Gasteiger partial charge in [0.05, 0.1) is 6.10 Å². The fourth-order valence-electron chi connectivity index (χ4n) is 3.58. The van der Waals surface area contributed by atoms with Gasteiger partial charge in [-0.3, -0.25) is 0 Å². The summed E-state index contributed by atoms with van der Waals surface area (Å²) < 4.78 is 5.67. The number of hydrogen-bond donors (Lipinski definition) is 1.